The van der Waals surface area contributed by atoms with Crippen molar-refractivity contribution < 1.29 is 19.4 Å². The van der Waals surface area contributed by atoms with E-state index in [0.717, 1.165) is 19.4 Å². The largest absolute Gasteiger partial charge is 0.479 e. The summed E-state index contributed by atoms with van der Waals surface area (Å²) in [5.74, 6) is -0.923. The van der Waals surface area contributed by atoms with E-state index in [4.69, 9.17) is 14.6 Å². The third-order valence-electron chi connectivity index (χ3n) is 1.90. The zero-order valence-electron chi connectivity index (χ0n) is 7.16. The fraction of sp³-hybridized carbons (Fsp3) is 0.875. The van der Waals surface area contributed by atoms with Gasteiger partial charge in [-0.3, -0.25) is 0 Å². The molecule has 1 aliphatic rings. The number of carboxylic acid groups (broad SMARTS) is 1. The molecule has 0 spiro atoms. The van der Waals surface area contributed by atoms with Gasteiger partial charge in [-0.25, -0.2) is 4.79 Å². The van der Waals surface area contributed by atoms with E-state index in [2.05, 4.69) is 0 Å². The maximum Gasteiger partial charge on any atom is 0.332 e. The highest BCUT2D eigenvalue weighted by atomic mass is 16.5. The summed E-state index contributed by atoms with van der Waals surface area (Å²) in [7, 11) is 0. The van der Waals surface area contributed by atoms with Gasteiger partial charge in [-0.1, -0.05) is 0 Å². The van der Waals surface area contributed by atoms with Crippen LogP contribution < -0.4 is 0 Å². The second-order valence-corrected chi connectivity index (χ2v) is 2.95. The first-order chi connectivity index (χ1) is 5.70. The molecule has 0 aromatic rings. The van der Waals surface area contributed by atoms with Crippen LogP contribution in [-0.4, -0.2) is 36.5 Å². The van der Waals surface area contributed by atoms with Crippen LogP contribution >= 0.6 is 0 Å². The van der Waals surface area contributed by atoms with Crippen molar-refractivity contribution in [2.75, 3.05) is 13.2 Å². The highest BCUT2D eigenvalue weighted by Crippen LogP contribution is 2.12. The van der Waals surface area contributed by atoms with Gasteiger partial charge in [0.2, 0.25) is 0 Å². The fourth-order valence-electron chi connectivity index (χ4n) is 1.10. The summed E-state index contributed by atoms with van der Waals surface area (Å²) in [4.78, 5) is 10.3. The van der Waals surface area contributed by atoms with Gasteiger partial charge in [0.1, 0.15) is 0 Å². The van der Waals surface area contributed by atoms with E-state index in [9.17, 15) is 4.79 Å². The minimum atomic E-state index is -0.923. The maximum absolute atomic E-state index is 10.3. The summed E-state index contributed by atoms with van der Waals surface area (Å²) in [5, 5.41) is 8.49. The highest BCUT2D eigenvalue weighted by Gasteiger charge is 2.18. The molecule has 0 aliphatic carbocycles. The van der Waals surface area contributed by atoms with Crippen LogP contribution in [0, 0.1) is 0 Å². The molecular weight excluding hydrogens is 160 g/mol. The third kappa shape index (κ3) is 2.79. The summed E-state index contributed by atoms with van der Waals surface area (Å²) in [6.07, 6.45) is 1.41. The Morgan fingerprint density at radius 3 is 3.08 bits per heavy atom. The highest BCUT2D eigenvalue weighted by molar-refractivity contribution is 5.71. The Bertz CT molecular complexity index is 151. The number of hydrogen-bond donors (Lipinski definition) is 1. The van der Waals surface area contributed by atoms with Gasteiger partial charge in [-0.2, -0.15) is 0 Å². The molecule has 12 heavy (non-hydrogen) atoms. The van der Waals surface area contributed by atoms with Crippen LogP contribution in [0.3, 0.4) is 0 Å². The van der Waals surface area contributed by atoms with E-state index in [0.29, 0.717) is 6.61 Å². The molecule has 1 heterocycles. The number of rotatable bonds is 4. The average Bonchev–Trinajstić information content (AvgIpc) is 2.51. The summed E-state index contributed by atoms with van der Waals surface area (Å²) < 4.78 is 10.3. The zero-order valence-corrected chi connectivity index (χ0v) is 7.16. The smallest absolute Gasteiger partial charge is 0.332 e. The maximum atomic E-state index is 10.3. The molecule has 1 N–H and O–H groups in total. The van der Waals surface area contributed by atoms with Crippen LogP contribution in [0.25, 0.3) is 0 Å². The zero-order chi connectivity index (χ0) is 8.97. The number of carboxylic acids is 1. The van der Waals surface area contributed by atoms with Crippen molar-refractivity contribution in [2.24, 2.45) is 0 Å². The molecule has 0 unspecified atom stereocenters. The lowest BCUT2D eigenvalue weighted by atomic mass is 10.2. The number of carbonyl (C=O) groups is 1. The van der Waals surface area contributed by atoms with Crippen molar-refractivity contribution in [3.05, 3.63) is 0 Å². The molecule has 0 saturated carbocycles. The molecule has 1 saturated heterocycles. The molecule has 70 valence electrons. The van der Waals surface area contributed by atoms with E-state index in [1.54, 1.807) is 0 Å². The van der Waals surface area contributed by atoms with Crippen LogP contribution in [0.4, 0.5) is 0 Å². The van der Waals surface area contributed by atoms with Gasteiger partial charge in [0, 0.05) is 6.61 Å². The van der Waals surface area contributed by atoms with Crippen LogP contribution in [0.5, 0.6) is 0 Å². The van der Waals surface area contributed by atoms with Gasteiger partial charge >= 0.3 is 5.97 Å². The molecule has 1 fully saturated rings. The molecule has 0 amide bonds. The van der Waals surface area contributed by atoms with Crippen molar-refractivity contribution in [1.29, 1.82) is 0 Å². The second kappa shape index (κ2) is 4.42. The van der Waals surface area contributed by atoms with Crippen molar-refractivity contribution in [2.45, 2.75) is 32.0 Å². The summed E-state index contributed by atoms with van der Waals surface area (Å²) >= 11 is 0. The SMILES string of the molecule is C[C@@H](OC[C@@H]1CCCO1)C(=O)O. The van der Waals surface area contributed by atoms with Crippen LogP contribution in [0.2, 0.25) is 0 Å². The molecular formula is C8H14O4. The Kier molecular flexibility index (Phi) is 3.49. The quantitative estimate of drug-likeness (QED) is 0.680. The fourth-order valence-corrected chi connectivity index (χ4v) is 1.10. The van der Waals surface area contributed by atoms with Crippen LogP contribution in [-0.2, 0) is 14.3 Å². The van der Waals surface area contributed by atoms with Gasteiger partial charge < -0.3 is 14.6 Å². The summed E-state index contributed by atoms with van der Waals surface area (Å²) in [6, 6.07) is 0. The normalized spacial score (nSPS) is 25.6. The first-order valence-electron chi connectivity index (χ1n) is 4.16. The molecule has 0 radical (unpaired) electrons. The molecule has 4 heteroatoms. The topological polar surface area (TPSA) is 55.8 Å². The number of ether oxygens (including phenoxy) is 2. The third-order valence-corrected chi connectivity index (χ3v) is 1.90. The molecule has 1 rings (SSSR count). The van der Waals surface area contributed by atoms with E-state index in [-0.39, 0.29) is 6.10 Å². The van der Waals surface area contributed by atoms with Gasteiger partial charge in [0.25, 0.3) is 0 Å². The average molecular weight is 174 g/mol. The molecule has 0 bridgehead atoms. The number of aliphatic carboxylic acids is 1. The Hall–Kier alpha value is -0.610. The van der Waals surface area contributed by atoms with E-state index < -0.39 is 12.1 Å². The molecule has 0 aromatic carbocycles. The number of hydrogen-bond acceptors (Lipinski definition) is 3. The van der Waals surface area contributed by atoms with Crippen LogP contribution in [0.1, 0.15) is 19.8 Å². The lowest BCUT2D eigenvalue weighted by Gasteiger charge is -2.12. The Labute approximate surface area is 71.5 Å². The lowest BCUT2D eigenvalue weighted by molar-refractivity contribution is -0.150. The van der Waals surface area contributed by atoms with Gasteiger partial charge in [0.15, 0.2) is 6.10 Å². The van der Waals surface area contributed by atoms with Crippen molar-refractivity contribution in [3.63, 3.8) is 0 Å². The standard InChI is InChI=1S/C8H14O4/c1-6(8(9)10)12-5-7-3-2-4-11-7/h6-7H,2-5H2,1H3,(H,9,10)/t6-,7+/m1/s1. The predicted molar refractivity (Wildman–Crippen MR) is 42.0 cm³/mol. The first-order valence-corrected chi connectivity index (χ1v) is 4.16. The lowest BCUT2D eigenvalue weighted by Crippen LogP contribution is -2.25. The Morgan fingerprint density at radius 2 is 2.58 bits per heavy atom. The van der Waals surface area contributed by atoms with Crippen LogP contribution in [0.15, 0.2) is 0 Å². The van der Waals surface area contributed by atoms with E-state index in [1.165, 1.54) is 6.92 Å². The van der Waals surface area contributed by atoms with Gasteiger partial charge in [0.05, 0.1) is 12.7 Å². The minimum Gasteiger partial charge on any atom is -0.479 e. The van der Waals surface area contributed by atoms with Gasteiger partial charge in [-0.15, -0.1) is 0 Å². The summed E-state index contributed by atoms with van der Waals surface area (Å²) in [5.41, 5.74) is 0. The first kappa shape index (κ1) is 9.48. The van der Waals surface area contributed by atoms with Gasteiger partial charge in [-0.05, 0) is 19.8 Å². The monoisotopic (exact) mass is 174 g/mol. The van der Waals surface area contributed by atoms with Crippen molar-refractivity contribution in [1.82, 2.24) is 0 Å². The van der Waals surface area contributed by atoms with E-state index in [1.807, 2.05) is 0 Å². The Balaban J connectivity index is 2.11. The molecule has 2 atom stereocenters. The predicted octanol–water partition coefficient (Wildman–Crippen LogP) is 0.655. The molecule has 4 nitrogen and oxygen atoms in total. The Morgan fingerprint density at radius 1 is 1.83 bits per heavy atom. The van der Waals surface area contributed by atoms with Crippen molar-refractivity contribution >= 4 is 5.97 Å². The molecule has 1 aliphatic heterocycles. The summed E-state index contributed by atoms with van der Waals surface area (Å²) in [6.45, 7) is 2.69. The van der Waals surface area contributed by atoms with E-state index >= 15 is 0 Å². The second-order valence-electron chi connectivity index (χ2n) is 2.95. The minimum absolute atomic E-state index is 0.104. The molecule has 0 aromatic heterocycles. The van der Waals surface area contributed by atoms with Crippen molar-refractivity contribution in [3.8, 4) is 0 Å².